The molecule has 0 spiro atoms. The summed E-state index contributed by atoms with van der Waals surface area (Å²) in [7, 11) is 0. The van der Waals surface area contributed by atoms with Gasteiger partial charge in [0.05, 0.1) is 23.1 Å². The van der Waals surface area contributed by atoms with Crippen molar-refractivity contribution >= 4 is 29.2 Å². The predicted octanol–water partition coefficient (Wildman–Crippen LogP) is 3.01. The van der Waals surface area contributed by atoms with Crippen molar-refractivity contribution in [2.75, 3.05) is 11.9 Å². The minimum atomic E-state index is -0.636. The molecule has 0 aliphatic rings. The summed E-state index contributed by atoms with van der Waals surface area (Å²) in [6, 6.07) is 3.87. The number of aromatic nitrogens is 2. The number of rotatable bonds is 8. The van der Waals surface area contributed by atoms with Crippen LogP contribution in [0.2, 0.25) is 5.02 Å². The van der Waals surface area contributed by atoms with Crippen molar-refractivity contribution in [2.24, 2.45) is 0 Å². The summed E-state index contributed by atoms with van der Waals surface area (Å²) in [5.74, 6) is -0.861. The molecular weight excluding hydrogens is 375 g/mol. The molecule has 0 radical (unpaired) electrons. The Hall–Kier alpha value is -3.00. The Kier molecular flexibility index (Phi) is 7.25. The number of amides is 2. The number of halogens is 2. The van der Waals surface area contributed by atoms with Crippen LogP contribution in [0.1, 0.15) is 18.5 Å². The fourth-order valence-electron chi connectivity index (χ4n) is 1.94. The number of allylic oxidation sites excluding steroid dienone is 1. The van der Waals surface area contributed by atoms with Gasteiger partial charge in [-0.05, 0) is 25.5 Å². The summed E-state index contributed by atoms with van der Waals surface area (Å²) in [6.45, 7) is 5.16. The van der Waals surface area contributed by atoms with Crippen molar-refractivity contribution < 1.29 is 18.7 Å². The van der Waals surface area contributed by atoms with Gasteiger partial charge in [-0.25, -0.2) is 9.37 Å². The maximum absolute atomic E-state index is 13.3. The van der Waals surface area contributed by atoms with E-state index in [1.807, 2.05) is 0 Å². The summed E-state index contributed by atoms with van der Waals surface area (Å²) in [4.78, 5) is 31.7. The van der Waals surface area contributed by atoms with Gasteiger partial charge in [0, 0.05) is 18.2 Å². The van der Waals surface area contributed by atoms with Crippen molar-refractivity contribution in [2.45, 2.75) is 19.8 Å². The Labute approximate surface area is 160 Å². The molecule has 0 atom stereocenters. The Morgan fingerprint density at radius 3 is 2.67 bits per heavy atom. The van der Waals surface area contributed by atoms with Crippen LogP contribution >= 0.6 is 11.6 Å². The molecule has 27 heavy (non-hydrogen) atoms. The van der Waals surface area contributed by atoms with E-state index in [4.69, 9.17) is 16.3 Å². The summed E-state index contributed by atoms with van der Waals surface area (Å²) in [5.41, 5.74) is 1.10. The third-order valence-electron chi connectivity index (χ3n) is 3.28. The van der Waals surface area contributed by atoms with Crippen molar-refractivity contribution in [3.8, 4) is 5.75 Å². The number of hydrogen-bond acceptors (Lipinski definition) is 5. The first-order valence-corrected chi connectivity index (χ1v) is 8.35. The van der Waals surface area contributed by atoms with E-state index in [1.165, 1.54) is 18.3 Å². The van der Waals surface area contributed by atoms with Gasteiger partial charge in [0.15, 0.2) is 12.4 Å². The molecule has 0 fully saturated rings. The number of carbonyl (C=O) groups is 2. The van der Waals surface area contributed by atoms with Crippen LogP contribution in [0.3, 0.4) is 0 Å². The highest BCUT2D eigenvalue weighted by Crippen LogP contribution is 2.20. The minimum absolute atomic E-state index is 0.0323. The highest BCUT2D eigenvalue weighted by atomic mass is 35.5. The van der Waals surface area contributed by atoms with Crippen LogP contribution in [0.5, 0.6) is 5.75 Å². The lowest BCUT2D eigenvalue weighted by Gasteiger charge is -2.10. The van der Waals surface area contributed by atoms with E-state index in [2.05, 4.69) is 27.2 Å². The van der Waals surface area contributed by atoms with Crippen molar-refractivity contribution in [1.82, 2.24) is 15.3 Å². The van der Waals surface area contributed by atoms with E-state index in [9.17, 15) is 14.0 Å². The molecule has 0 unspecified atom stereocenters. The molecule has 1 heterocycles. The minimum Gasteiger partial charge on any atom is -0.484 e. The molecule has 0 saturated heterocycles. The lowest BCUT2D eigenvalue weighted by atomic mass is 10.2. The van der Waals surface area contributed by atoms with Crippen LogP contribution in [-0.2, 0) is 9.59 Å². The number of anilines is 1. The first-order chi connectivity index (χ1) is 12.8. The largest absolute Gasteiger partial charge is 0.484 e. The van der Waals surface area contributed by atoms with E-state index in [1.54, 1.807) is 13.1 Å². The average Bonchev–Trinajstić information content (AvgIpc) is 2.63. The molecule has 0 saturated carbocycles. The van der Waals surface area contributed by atoms with Crippen LogP contribution in [0.4, 0.5) is 10.2 Å². The molecule has 142 valence electrons. The Balaban J connectivity index is 1.69. The van der Waals surface area contributed by atoms with Gasteiger partial charge < -0.3 is 15.4 Å². The van der Waals surface area contributed by atoms with Crippen LogP contribution < -0.4 is 15.4 Å². The van der Waals surface area contributed by atoms with Gasteiger partial charge in [-0.3, -0.25) is 14.6 Å². The Morgan fingerprint density at radius 1 is 1.22 bits per heavy atom. The number of nitrogens with one attached hydrogen (secondary N) is 2. The third-order valence-corrected chi connectivity index (χ3v) is 3.59. The quantitative estimate of drug-likeness (QED) is 0.720. The summed E-state index contributed by atoms with van der Waals surface area (Å²) in [5, 5.41) is 5.08. The second-order valence-electron chi connectivity index (χ2n) is 5.61. The summed E-state index contributed by atoms with van der Waals surface area (Å²) < 4.78 is 18.5. The second-order valence-corrected chi connectivity index (χ2v) is 6.01. The van der Waals surface area contributed by atoms with Crippen LogP contribution in [-0.4, -0.2) is 28.4 Å². The molecular formula is C18H18ClFN4O3. The lowest BCUT2D eigenvalue weighted by Crippen LogP contribution is -2.28. The molecule has 0 bridgehead atoms. The molecule has 2 amide bonds. The van der Waals surface area contributed by atoms with Gasteiger partial charge in [-0.15, -0.1) is 0 Å². The SMILES string of the molecule is C=C(CCC(=O)Nc1cnc(C)cn1)NC(=O)COc1ccc(Cl)c(F)c1. The zero-order valence-corrected chi connectivity index (χ0v) is 15.3. The van der Waals surface area contributed by atoms with Gasteiger partial charge in [-0.2, -0.15) is 0 Å². The monoisotopic (exact) mass is 392 g/mol. The van der Waals surface area contributed by atoms with Crippen LogP contribution in [0, 0.1) is 12.7 Å². The van der Waals surface area contributed by atoms with Gasteiger partial charge >= 0.3 is 0 Å². The van der Waals surface area contributed by atoms with E-state index in [0.29, 0.717) is 11.5 Å². The molecule has 7 nitrogen and oxygen atoms in total. The average molecular weight is 393 g/mol. The molecule has 0 aliphatic heterocycles. The number of ether oxygens (including phenoxy) is 1. The van der Waals surface area contributed by atoms with E-state index in [-0.39, 0.29) is 36.1 Å². The van der Waals surface area contributed by atoms with Gasteiger partial charge in [-0.1, -0.05) is 18.2 Å². The second kappa shape index (κ2) is 9.63. The molecule has 1 aromatic carbocycles. The van der Waals surface area contributed by atoms with Gasteiger partial charge in [0.1, 0.15) is 11.6 Å². The zero-order valence-electron chi connectivity index (χ0n) is 14.6. The molecule has 0 aliphatic carbocycles. The fourth-order valence-corrected chi connectivity index (χ4v) is 2.06. The van der Waals surface area contributed by atoms with Crippen LogP contribution in [0.25, 0.3) is 0 Å². The van der Waals surface area contributed by atoms with Crippen molar-refractivity contribution in [3.63, 3.8) is 0 Å². The molecule has 2 rings (SSSR count). The van der Waals surface area contributed by atoms with E-state index in [0.717, 1.165) is 11.8 Å². The lowest BCUT2D eigenvalue weighted by molar-refractivity contribution is -0.122. The fraction of sp³-hybridized carbons (Fsp3) is 0.222. The Morgan fingerprint density at radius 2 is 2.00 bits per heavy atom. The molecule has 9 heteroatoms. The maximum atomic E-state index is 13.3. The van der Waals surface area contributed by atoms with Crippen LogP contribution in [0.15, 0.2) is 42.9 Å². The number of nitrogens with zero attached hydrogens (tertiary/aromatic N) is 2. The number of hydrogen-bond donors (Lipinski definition) is 2. The molecule has 2 N–H and O–H groups in total. The summed E-state index contributed by atoms with van der Waals surface area (Å²) >= 11 is 5.57. The standard InChI is InChI=1S/C18H18ClFN4O3/c1-11(3-6-17(25)24-16-9-21-12(2)8-22-16)23-18(26)10-27-13-4-5-14(19)15(20)7-13/h4-5,7-9H,1,3,6,10H2,2H3,(H,23,26)(H,22,24,25). The van der Waals surface area contributed by atoms with E-state index >= 15 is 0 Å². The number of benzene rings is 1. The first kappa shape index (κ1) is 20.3. The highest BCUT2D eigenvalue weighted by Gasteiger charge is 2.09. The van der Waals surface area contributed by atoms with Crippen molar-refractivity contribution in [3.05, 3.63) is 59.4 Å². The zero-order chi connectivity index (χ0) is 19.8. The Bertz CT molecular complexity index is 843. The predicted molar refractivity (Wildman–Crippen MR) is 98.8 cm³/mol. The smallest absolute Gasteiger partial charge is 0.262 e. The topological polar surface area (TPSA) is 93.2 Å². The van der Waals surface area contributed by atoms with Gasteiger partial charge in [0.25, 0.3) is 5.91 Å². The van der Waals surface area contributed by atoms with Gasteiger partial charge in [0.2, 0.25) is 5.91 Å². The third kappa shape index (κ3) is 7.02. The number of carbonyl (C=O) groups excluding carboxylic acids is 2. The highest BCUT2D eigenvalue weighted by molar-refractivity contribution is 6.30. The number of aryl methyl sites for hydroxylation is 1. The molecule has 1 aromatic heterocycles. The normalized spacial score (nSPS) is 10.2. The maximum Gasteiger partial charge on any atom is 0.262 e. The molecule has 2 aromatic rings. The van der Waals surface area contributed by atoms with E-state index < -0.39 is 11.7 Å². The summed E-state index contributed by atoms with van der Waals surface area (Å²) in [6.07, 6.45) is 3.35. The first-order valence-electron chi connectivity index (χ1n) is 7.97. The van der Waals surface area contributed by atoms with Crippen molar-refractivity contribution in [1.29, 1.82) is 0 Å².